The fourth-order valence-corrected chi connectivity index (χ4v) is 1.94. The molecule has 88 valence electrons. The van der Waals surface area contributed by atoms with Gasteiger partial charge in [0.1, 0.15) is 10.6 Å². The van der Waals surface area contributed by atoms with Gasteiger partial charge in [-0.1, -0.05) is 16.1 Å². The Kier molecular flexibility index (Phi) is 3.26. The topological polar surface area (TPSA) is 75.1 Å². The number of aryl methyl sites for hydroxylation is 1. The van der Waals surface area contributed by atoms with Crippen LogP contribution in [0.15, 0.2) is 18.2 Å². The van der Waals surface area contributed by atoms with Gasteiger partial charge in [0.25, 0.3) is 5.91 Å². The molecule has 0 radical (unpaired) electrons. The quantitative estimate of drug-likeness (QED) is 0.821. The van der Waals surface area contributed by atoms with Gasteiger partial charge in [-0.2, -0.15) is 0 Å². The van der Waals surface area contributed by atoms with Gasteiger partial charge in [-0.3, -0.25) is 4.79 Å². The number of nitrogens with one attached hydrogen (secondary N) is 1. The SMILES string of the molecule is Cc1nnsc1C(=O)Nc1ccc(O)c(Cl)c1. The van der Waals surface area contributed by atoms with Gasteiger partial charge in [0, 0.05) is 5.69 Å². The van der Waals surface area contributed by atoms with Gasteiger partial charge in [0.2, 0.25) is 0 Å². The number of carbonyl (C=O) groups is 1. The van der Waals surface area contributed by atoms with E-state index in [0.717, 1.165) is 11.5 Å². The zero-order valence-electron chi connectivity index (χ0n) is 8.77. The van der Waals surface area contributed by atoms with E-state index in [2.05, 4.69) is 14.9 Å². The third-order valence-corrected chi connectivity index (χ3v) is 3.19. The van der Waals surface area contributed by atoms with Crippen molar-refractivity contribution in [2.45, 2.75) is 6.92 Å². The highest BCUT2D eigenvalue weighted by Gasteiger charge is 2.13. The van der Waals surface area contributed by atoms with Crippen LogP contribution in [0.2, 0.25) is 5.02 Å². The molecular weight excluding hydrogens is 262 g/mol. The zero-order chi connectivity index (χ0) is 12.4. The molecule has 17 heavy (non-hydrogen) atoms. The van der Waals surface area contributed by atoms with Crippen molar-refractivity contribution in [3.63, 3.8) is 0 Å². The van der Waals surface area contributed by atoms with Crippen LogP contribution in [0, 0.1) is 6.92 Å². The van der Waals surface area contributed by atoms with E-state index in [0.29, 0.717) is 16.3 Å². The number of phenolic OH excluding ortho intramolecular Hbond substituents is 1. The van der Waals surface area contributed by atoms with Gasteiger partial charge in [0.05, 0.1) is 10.7 Å². The number of benzene rings is 1. The second kappa shape index (κ2) is 4.68. The summed E-state index contributed by atoms with van der Waals surface area (Å²) in [6.07, 6.45) is 0. The fourth-order valence-electron chi connectivity index (χ4n) is 1.21. The van der Waals surface area contributed by atoms with Crippen molar-refractivity contribution >= 4 is 34.7 Å². The summed E-state index contributed by atoms with van der Waals surface area (Å²) in [6.45, 7) is 1.71. The fraction of sp³-hybridized carbons (Fsp3) is 0.100. The molecule has 0 aliphatic heterocycles. The number of aromatic nitrogens is 2. The van der Waals surface area contributed by atoms with E-state index < -0.39 is 0 Å². The summed E-state index contributed by atoms with van der Waals surface area (Å²) in [6, 6.07) is 4.44. The second-order valence-electron chi connectivity index (χ2n) is 3.31. The molecule has 5 nitrogen and oxygen atoms in total. The molecule has 0 aliphatic rings. The first-order valence-electron chi connectivity index (χ1n) is 4.67. The minimum Gasteiger partial charge on any atom is -0.506 e. The predicted octanol–water partition coefficient (Wildman–Crippen LogP) is 2.46. The molecule has 2 rings (SSSR count). The smallest absolute Gasteiger partial charge is 0.269 e. The van der Waals surface area contributed by atoms with Gasteiger partial charge in [-0.05, 0) is 36.7 Å². The molecule has 0 atom stereocenters. The molecule has 0 saturated heterocycles. The van der Waals surface area contributed by atoms with Crippen LogP contribution in [0.1, 0.15) is 15.4 Å². The number of amides is 1. The van der Waals surface area contributed by atoms with E-state index in [1.165, 1.54) is 12.1 Å². The number of halogens is 1. The highest BCUT2D eigenvalue weighted by Crippen LogP contribution is 2.26. The summed E-state index contributed by atoms with van der Waals surface area (Å²) in [5.74, 6) is -0.320. The monoisotopic (exact) mass is 269 g/mol. The van der Waals surface area contributed by atoms with Gasteiger partial charge >= 0.3 is 0 Å². The zero-order valence-corrected chi connectivity index (χ0v) is 10.3. The van der Waals surface area contributed by atoms with Crippen LogP contribution >= 0.6 is 23.1 Å². The number of phenols is 1. The Morgan fingerprint density at radius 1 is 1.53 bits per heavy atom. The van der Waals surface area contributed by atoms with Crippen molar-refractivity contribution in [2.75, 3.05) is 5.32 Å². The van der Waals surface area contributed by atoms with E-state index >= 15 is 0 Å². The molecule has 7 heteroatoms. The lowest BCUT2D eigenvalue weighted by Crippen LogP contribution is -2.11. The highest BCUT2D eigenvalue weighted by atomic mass is 35.5. The molecule has 0 aliphatic carbocycles. The Hall–Kier alpha value is -1.66. The van der Waals surface area contributed by atoms with E-state index in [9.17, 15) is 9.90 Å². The normalized spacial score (nSPS) is 10.2. The lowest BCUT2D eigenvalue weighted by atomic mass is 10.3. The Labute approximate surface area is 106 Å². The van der Waals surface area contributed by atoms with Crippen molar-refractivity contribution in [1.29, 1.82) is 0 Å². The average Bonchev–Trinajstić information content (AvgIpc) is 2.70. The Morgan fingerprint density at radius 2 is 2.29 bits per heavy atom. The number of carbonyl (C=O) groups excluding carboxylic acids is 1. The van der Waals surface area contributed by atoms with E-state index in [1.54, 1.807) is 13.0 Å². The highest BCUT2D eigenvalue weighted by molar-refractivity contribution is 7.08. The van der Waals surface area contributed by atoms with Crippen LogP contribution in [-0.2, 0) is 0 Å². The van der Waals surface area contributed by atoms with Crippen LogP contribution in [-0.4, -0.2) is 20.6 Å². The van der Waals surface area contributed by atoms with Gasteiger partial charge < -0.3 is 10.4 Å². The third-order valence-electron chi connectivity index (χ3n) is 2.06. The Bertz CT molecular complexity index is 570. The van der Waals surface area contributed by atoms with Crippen LogP contribution in [0.25, 0.3) is 0 Å². The molecule has 2 N–H and O–H groups in total. The number of hydrogen-bond donors (Lipinski definition) is 2. The minimum atomic E-state index is -0.292. The lowest BCUT2D eigenvalue weighted by Gasteiger charge is -2.04. The summed E-state index contributed by atoms with van der Waals surface area (Å²) in [4.78, 5) is 12.3. The molecule has 0 unspecified atom stereocenters. The molecule has 0 saturated carbocycles. The molecule has 1 heterocycles. The maximum absolute atomic E-state index is 11.8. The molecule has 2 aromatic rings. The van der Waals surface area contributed by atoms with Gasteiger partial charge in [-0.15, -0.1) is 5.10 Å². The van der Waals surface area contributed by atoms with Crippen molar-refractivity contribution < 1.29 is 9.90 Å². The first-order valence-corrected chi connectivity index (χ1v) is 5.82. The number of rotatable bonds is 2. The molecule has 1 aromatic heterocycles. The summed E-state index contributed by atoms with van der Waals surface area (Å²) >= 11 is 6.76. The number of nitrogens with zero attached hydrogens (tertiary/aromatic N) is 2. The van der Waals surface area contributed by atoms with Crippen molar-refractivity contribution in [3.8, 4) is 5.75 Å². The molecule has 1 amide bonds. The predicted molar refractivity (Wildman–Crippen MR) is 65.7 cm³/mol. The summed E-state index contributed by atoms with van der Waals surface area (Å²) in [5, 5.41) is 15.8. The Balaban J connectivity index is 2.19. The summed E-state index contributed by atoms with van der Waals surface area (Å²) in [5.41, 5.74) is 1.09. The maximum atomic E-state index is 11.8. The lowest BCUT2D eigenvalue weighted by molar-refractivity contribution is 0.103. The Morgan fingerprint density at radius 3 is 2.88 bits per heavy atom. The van der Waals surface area contributed by atoms with Crippen LogP contribution < -0.4 is 5.32 Å². The summed E-state index contributed by atoms with van der Waals surface area (Å²) in [7, 11) is 0. The van der Waals surface area contributed by atoms with Crippen molar-refractivity contribution in [3.05, 3.63) is 33.8 Å². The third kappa shape index (κ3) is 2.54. The average molecular weight is 270 g/mol. The first-order chi connectivity index (χ1) is 8.08. The second-order valence-corrected chi connectivity index (χ2v) is 4.47. The largest absolute Gasteiger partial charge is 0.506 e. The standard InChI is InChI=1S/C10H8ClN3O2S/c1-5-9(17-14-13-5)10(16)12-6-2-3-8(15)7(11)4-6/h2-4,15H,1H3,(H,12,16). The summed E-state index contributed by atoms with van der Waals surface area (Å²) < 4.78 is 3.68. The molecular formula is C10H8ClN3O2S. The maximum Gasteiger partial charge on any atom is 0.269 e. The van der Waals surface area contributed by atoms with Crippen molar-refractivity contribution in [1.82, 2.24) is 9.59 Å². The van der Waals surface area contributed by atoms with Crippen LogP contribution in [0.3, 0.4) is 0 Å². The molecule has 0 spiro atoms. The van der Waals surface area contributed by atoms with E-state index in [1.807, 2.05) is 0 Å². The molecule has 0 bridgehead atoms. The number of anilines is 1. The molecule has 1 aromatic carbocycles. The van der Waals surface area contributed by atoms with E-state index in [-0.39, 0.29) is 16.7 Å². The minimum absolute atomic E-state index is 0.0275. The van der Waals surface area contributed by atoms with Gasteiger partial charge in [0.15, 0.2) is 0 Å². The van der Waals surface area contributed by atoms with Crippen LogP contribution in [0.5, 0.6) is 5.75 Å². The van der Waals surface area contributed by atoms with E-state index in [4.69, 9.17) is 11.6 Å². The number of hydrogen-bond acceptors (Lipinski definition) is 5. The first kappa shape index (κ1) is 11.8. The van der Waals surface area contributed by atoms with Crippen LogP contribution in [0.4, 0.5) is 5.69 Å². The van der Waals surface area contributed by atoms with Gasteiger partial charge in [-0.25, -0.2) is 0 Å². The number of aromatic hydroxyl groups is 1. The van der Waals surface area contributed by atoms with Crippen molar-refractivity contribution in [2.24, 2.45) is 0 Å². The molecule has 0 fully saturated rings.